The van der Waals surface area contributed by atoms with E-state index < -0.39 is 0 Å². The molecule has 0 aliphatic rings. The first-order valence-electron chi connectivity index (χ1n) is 10.3. The average molecular weight is 468 g/mol. The van der Waals surface area contributed by atoms with Gasteiger partial charge in [-0.05, 0) is 50.2 Å². The summed E-state index contributed by atoms with van der Waals surface area (Å²) in [6.45, 7) is 8.38. The summed E-state index contributed by atoms with van der Waals surface area (Å²) in [5.41, 5.74) is 4.51. The lowest BCUT2D eigenvalue weighted by molar-refractivity contribution is 0.324. The van der Waals surface area contributed by atoms with Crippen molar-refractivity contribution in [1.29, 1.82) is 0 Å². The van der Waals surface area contributed by atoms with E-state index in [2.05, 4.69) is 6.58 Å². The third-order valence-electron chi connectivity index (χ3n) is 4.89. The molecule has 0 radical (unpaired) electrons. The number of hydrogen-bond donors (Lipinski definition) is 0. The summed E-state index contributed by atoms with van der Waals surface area (Å²) in [5, 5.41) is 6.98. The van der Waals surface area contributed by atoms with E-state index in [0.29, 0.717) is 23.8 Å². The van der Waals surface area contributed by atoms with E-state index in [-0.39, 0.29) is 0 Å². The highest BCUT2D eigenvalue weighted by atomic mass is 32.1. The maximum atomic E-state index is 5.50. The minimum absolute atomic E-state index is 0.529. The normalized spacial score (nSPS) is 11.9. The lowest BCUT2D eigenvalue weighted by atomic mass is 10.1. The van der Waals surface area contributed by atoms with Gasteiger partial charge in [0.1, 0.15) is 5.75 Å². The molecule has 0 spiro atoms. The van der Waals surface area contributed by atoms with Crippen molar-refractivity contribution in [3.05, 3.63) is 64.3 Å². The van der Waals surface area contributed by atoms with Crippen molar-refractivity contribution in [2.24, 2.45) is 10.1 Å². The second-order valence-electron chi connectivity index (χ2n) is 7.32. The van der Waals surface area contributed by atoms with Gasteiger partial charge in [0.25, 0.3) is 0 Å². The number of methoxy groups -OCH3 is 4. The van der Waals surface area contributed by atoms with E-state index in [1.807, 2.05) is 60.3 Å². The second-order valence-corrected chi connectivity index (χ2v) is 8.15. The molecule has 0 atom stereocenters. The fourth-order valence-corrected chi connectivity index (χ4v) is 4.00. The first-order chi connectivity index (χ1) is 15.9. The Balaban J connectivity index is 2.16. The first kappa shape index (κ1) is 24.1. The van der Waals surface area contributed by atoms with Gasteiger partial charge in [-0.3, -0.25) is 4.99 Å². The number of thiazole rings is 1. The highest BCUT2D eigenvalue weighted by Gasteiger charge is 2.15. The molecule has 1 heterocycles. The van der Waals surface area contributed by atoms with E-state index >= 15 is 0 Å². The Morgan fingerprint density at radius 1 is 0.939 bits per heavy atom. The Kier molecular flexibility index (Phi) is 7.95. The summed E-state index contributed by atoms with van der Waals surface area (Å²) < 4.78 is 23.6. The Morgan fingerprint density at radius 3 is 2.09 bits per heavy atom. The van der Waals surface area contributed by atoms with Crippen LogP contribution in [0.15, 0.2) is 64.0 Å². The number of benzene rings is 2. The number of ether oxygens (including phenoxy) is 4. The Hall–Kier alpha value is -3.52. The average Bonchev–Trinajstić information content (AvgIpc) is 3.23. The van der Waals surface area contributed by atoms with Crippen LogP contribution >= 0.6 is 11.3 Å². The van der Waals surface area contributed by atoms with Crippen LogP contribution in [0.1, 0.15) is 19.4 Å². The summed E-state index contributed by atoms with van der Waals surface area (Å²) >= 11 is 1.53. The molecule has 0 aliphatic heterocycles. The fourth-order valence-electron chi connectivity index (χ4n) is 3.16. The molecule has 0 fully saturated rings. The monoisotopic (exact) mass is 467 g/mol. The summed E-state index contributed by atoms with van der Waals surface area (Å²) in [4.78, 5) is 5.48. The predicted molar refractivity (Wildman–Crippen MR) is 133 cm³/mol. The molecule has 7 nitrogen and oxygen atoms in total. The number of hydrogen-bond acceptors (Lipinski definition) is 7. The van der Waals surface area contributed by atoms with Crippen LogP contribution in [-0.4, -0.2) is 45.4 Å². The molecule has 0 bridgehead atoms. The molecule has 33 heavy (non-hydrogen) atoms. The van der Waals surface area contributed by atoms with E-state index in [4.69, 9.17) is 29.0 Å². The third kappa shape index (κ3) is 5.46. The highest BCUT2D eigenvalue weighted by molar-refractivity contribution is 7.07. The molecule has 1 aromatic heterocycles. The maximum Gasteiger partial charge on any atom is 0.206 e. The SMILES string of the molecule is C=C(C)CN=c1scc(-c2ccc(OC)cc2)n1N=C(C)c1cc(OC)c(OC)c(OC)c1. The molecule has 0 saturated carbocycles. The standard InChI is InChI=1S/C25H29N3O4S/c1-16(2)14-26-25-28(21(15-33-25)18-8-10-20(29-4)11-9-18)27-17(3)19-12-22(30-5)24(32-7)23(13-19)31-6/h8-13,15H,1,14H2,2-7H3. The van der Waals surface area contributed by atoms with Crippen LogP contribution in [0, 0.1) is 0 Å². The fraction of sp³-hybridized carbons (Fsp3) is 0.280. The number of aromatic nitrogens is 1. The van der Waals surface area contributed by atoms with Crippen LogP contribution in [0.5, 0.6) is 23.0 Å². The van der Waals surface area contributed by atoms with Crippen molar-refractivity contribution in [3.63, 3.8) is 0 Å². The minimum atomic E-state index is 0.529. The predicted octanol–water partition coefficient (Wildman–Crippen LogP) is 5.00. The Labute approximate surface area is 198 Å². The van der Waals surface area contributed by atoms with Gasteiger partial charge in [0, 0.05) is 16.5 Å². The van der Waals surface area contributed by atoms with Crippen molar-refractivity contribution in [3.8, 4) is 34.3 Å². The Bertz CT molecular complexity index is 1200. The summed E-state index contributed by atoms with van der Waals surface area (Å²) in [6.07, 6.45) is 0. The molecule has 2 aromatic carbocycles. The molecule has 0 unspecified atom stereocenters. The van der Waals surface area contributed by atoms with E-state index in [9.17, 15) is 0 Å². The zero-order chi connectivity index (χ0) is 24.0. The highest BCUT2D eigenvalue weighted by Crippen LogP contribution is 2.38. The molecule has 0 saturated heterocycles. The second kappa shape index (κ2) is 10.9. The van der Waals surface area contributed by atoms with Crippen molar-refractivity contribution < 1.29 is 18.9 Å². The maximum absolute atomic E-state index is 5.50. The minimum Gasteiger partial charge on any atom is -0.497 e. The van der Waals surface area contributed by atoms with E-state index in [1.54, 1.807) is 28.4 Å². The summed E-state index contributed by atoms with van der Waals surface area (Å²) in [5.74, 6) is 2.47. The molecule has 8 heteroatoms. The van der Waals surface area contributed by atoms with Gasteiger partial charge >= 0.3 is 0 Å². The van der Waals surface area contributed by atoms with E-state index in [0.717, 1.165) is 38.7 Å². The van der Waals surface area contributed by atoms with E-state index in [1.165, 1.54) is 11.3 Å². The van der Waals surface area contributed by atoms with Crippen molar-refractivity contribution in [2.45, 2.75) is 13.8 Å². The van der Waals surface area contributed by atoms with Crippen LogP contribution in [0.25, 0.3) is 11.3 Å². The van der Waals surface area contributed by atoms with Gasteiger partial charge in [-0.25, -0.2) is 4.68 Å². The quantitative estimate of drug-likeness (QED) is 0.328. The molecule has 3 aromatic rings. The van der Waals surface area contributed by atoms with Gasteiger partial charge < -0.3 is 18.9 Å². The van der Waals surface area contributed by atoms with Gasteiger partial charge in [0.05, 0.1) is 46.4 Å². The van der Waals surface area contributed by atoms with Gasteiger partial charge in [0.15, 0.2) is 11.5 Å². The molecule has 3 rings (SSSR count). The first-order valence-corrected chi connectivity index (χ1v) is 11.2. The lowest BCUT2D eigenvalue weighted by Crippen LogP contribution is -2.15. The molecule has 174 valence electrons. The molecule has 0 amide bonds. The summed E-state index contributed by atoms with van der Waals surface area (Å²) in [7, 11) is 6.42. The van der Waals surface area contributed by atoms with Crippen molar-refractivity contribution in [2.75, 3.05) is 35.0 Å². The smallest absolute Gasteiger partial charge is 0.206 e. The van der Waals surface area contributed by atoms with Crippen LogP contribution < -0.4 is 23.7 Å². The van der Waals surface area contributed by atoms with Gasteiger partial charge in [0.2, 0.25) is 10.6 Å². The van der Waals surface area contributed by atoms with Gasteiger partial charge in [-0.1, -0.05) is 12.2 Å². The zero-order valence-corrected chi connectivity index (χ0v) is 20.7. The van der Waals surface area contributed by atoms with Crippen LogP contribution in [0.3, 0.4) is 0 Å². The molecule has 0 aliphatic carbocycles. The molecular formula is C25H29N3O4S. The third-order valence-corrected chi connectivity index (χ3v) is 5.74. The van der Waals surface area contributed by atoms with Gasteiger partial charge in [-0.2, -0.15) is 5.10 Å². The van der Waals surface area contributed by atoms with Crippen molar-refractivity contribution in [1.82, 2.24) is 4.68 Å². The van der Waals surface area contributed by atoms with Crippen molar-refractivity contribution >= 4 is 17.0 Å². The molecular weight excluding hydrogens is 438 g/mol. The van der Waals surface area contributed by atoms with Crippen LogP contribution in [0.2, 0.25) is 0 Å². The zero-order valence-electron chi connectivity index (χ0n) is 19.8. The van der Waals surface area contributed by atoms with Crippen LogP contribution in [0.4, 0.5) is 0 Å². The Morgan fingerprint density at radius 2 is 1.58 bits per heavy atom. The number of nitrogens with zero attached hydrogens (tertiary/aromatic N) is 3. The lowest BCUT2D eigenvalue weighted by Gasteiger charge is -2.14. The van der Waals surface area contributed by atoms with Gasteiger partial charge in [-0.15, -0.1) is 11.3 Å². The largest absolute Gasteiger partial charge is 0.497 e. The molecule has 0 N–H and O–H groups in total. The summed E-state index contributed by atoms with van der Waals surface area (Å²) in [6, 6.07) is 11.6. The van der Waals surface area contributed by atoms with Crippen LogP contribution in [-0.2, 0) is 0 Å². The topological polar surface area (TPSA) is 66.6 Å². The number of rotatable bonds is 9.